The molecule has 1 amide bonds. The van der Waals surface area contributed by atoms with Gasteiger partial charge in [0, 0.05) is 11.3 Å². The lowest BCUT2D eigenvalue weighted by molar-refractivity contribution is -0.137. The fourth-order valence-corrected chi connectivity index (χ4v) is 2.78. The van der Waals surface area contributed by atoms with E-state index < -0.39 is 36.0 Å². The van der Waals surface area contributed by atoms with E-state index in [-0.39, 0.29) is 5.69 Å². The summed E-state index contributed by atoms with van der Waals surface area (Å²) in [5, 5.41) is 2.50. The Balaban J connectivity index is 1.79. The minimum Gasteiger partial charge on any atom is -0.399 e. The third-order valence-electron chi connectivity index (χ3n) is 5.12. The van der Waals surface area contributed by atoms with Crippen molar-refractivity contribution in [1.29, 1.82) is 0 Å². The van der Waals surface area contributed by atoms with Gasteiger partial charge in [0.05, 0.1) is 16.8 Å². The van der Waals surface area contributed by atoms with Gasteiger partial charge in [0.25, 0.3) is 5.91 Å². The van der Waals surface area contributed by atoms with Crippen LogP contribution < -0.4 is 10.8 Å². The van der Waals surface area contributed by atoms with Crippen molar-refractivity contribution in [3.05, 3.63) is 59.7 Å². The lowest BCUT2D eigenvalue weighted by atomic mass is 9.78. The zero-order chi connectivity index (χ0) is 20.7. The normalized spacial score (nSPS) is 18.2. The van der Waals surface area contributed by atoms with E-state index in [0.717, 1.165) is 12.1 Å². The van der Waals surface area contributed by atoms with Gasteiger partial charge in [-0.1, -0.05) is 18.2 Å². The third-order valence-corrected chi connectivity index (χ3v) is 5.12. The Kier molecular flexibility index (Phi) is 5.06. The van der Waals surface area contributed by atoms with E-state index >= 15 is 0 Å². The Labute approximate surface area is 162 Å². The fraction of sp³-hybridized carbons (Fsp3) is 0.350. The predicted octanol–water partition coefficient (Wildman–Crippen LogP) is 4.26. The van der Waals surface area contributed by atoms with Crippen LogP contribution in [-0.2, 0) is 15.5 Å². The molecule has 0 radical (unpaired) electrons. The first-order valence-electron chi connectivity index (χ1n) is 8.83. The van der Waals surface area contributed by atoms with E-state index in [9.17, 15) is 18.0 Å². The molecule has 0 aromatic heterocycles. The monoisotopic (exact) mass is 391 g/mol. The van der Waals surface area contributed by atoms with Gasteiger partial charge in [-0.2, -0.15) is 13.2 Å². The number of carbonyl (C=O) groups is 1. The number of nitrogens with one attached hydrogen (secondary N) is 1. The van der Waals surface area contributed by atoms with Gasteiger partial charge in [-0.15, -0.1) is 0 Å². The van der Waals surface area contributed by atoms with Crippen LogP contribution in [0.4, 0.5) is 18.9 Å². The summed E-state index contributed by atoms with van der Waals surface area (Å²) in [4.78, 5) is 12.5. The van der Waals surface area contributed by atoms with Crippen LogP contribution in [0.1, 0.15) is 43.6 Å². The number of benzene rings is 2. The second-order valence-electron chi connectivity index (χ2n) is 7.75. The van der Waals surface area contributed by atoms with Gasteiger partial charge in [0.2, 0.25) is 0 Å². The molecule has 3 rings (SSSR count). The van der Waals surface area contributed by atoms with Crippen molar-refractivity contribution < 1.29 is 27.3 Å². The van der Waals surface area contributed by atoms with Gasteiger partial charge in [-0.25, -0.2) is 0 Å². The van der Waals surface area contributed by atoms with Crippen LogP contribution >= 0.6 is 0 Å². The number of halogens is 3. The first kappa shape index (κ1) is 20.4. The number of hydrogen-bond donors (Lipinski definition) is 1. The summed E-state index contributed by atoms with van der Waals surface area (Å²) in [5.41, 5.74) is -0.834. The maximum Gasteiger partial charge on any atom is 0.494 e. The molecule has 8 heteroatoms. The lowest BCUT2D eigenvalue weighted by Crippen LogP contribution is -2.41. The summed E-state index contributed by atoms with van der Waals surface area (Å²) in [6.45, 7) is 7.71. The average Bonchev–Trinajstić information content (AvgIpc) is 2.82. The zero-order valence-electron chi connectivity index (χ0n) is 16.1. The highest BCUT2D eigenvalue weighted by molar-refractivity contribution is 6.62. The molecule has 0 spiro atoms. The van der Waals surface area contributed by atoms with Crippen LogP contribution in [0.5, 0.6) is 0 Å². The lowest BCUT2D eigenvalue weighted by Gasteiger charge is -2.32. The Hall–Kier alpha value is -2.32. The predicted molar refractivity (Wildman–Crippen MR) is 102 cm³/mol. The highest BCUT2D eigenvalue weighted by Crippen LogP contribution is 2.36. The van der Waals surface area contributed by atoms with Crippen molar-refractivity contribution in [1.82, 2.24) is 0 Å². The number of alkyl halides is 3. The Morgan fingerprint density at radius 1 is 0.964 bits per heavy atom. The quantitative estimate of drug-likeness (QED) is 0.796. The van der Waals surface area contributed by atoms with Crippen LogP contribution in [0.3, 0.4) is 0 Å². The summed E-state index contributed by atoms with van der Waals surface area (Å²) in [7, 11) is -0.633. The van der Waals surface area contributed by atoms with Crippen molar-refractivity contribution in [2.45, 2.75) is 45.1 Å². The summed E-state index contributed by atoms with van der Waals surface area (Å²) < 4.78 is 50.5. The smallest absolute Gasteiger partial charge is 0.399 e. The molecular weight excluding hydrogens is 370 g/mol. The maximum atomic E-state index is 12.8. The first-order chi connectivity index (χ1) is 12.9. The first-order valence-corrected chi connectivity index (χ1v) is 8.83. The zero-order valence-corrected chi connectivity index (χ0v) is 16.1. The van der Waals surface area contributed by atoms with Gasteiger partial charge in [-0.3, -0.25) is 4.79 Å². The van der Waals surface area contributed by atoms with Gasteiger partial charge in [-0.05, 0) is 63.5 Å². The van der Waals surface area contributed by atoms with Crippen molar-refractivity contribution in [2.75, 3.05) is 5.32 Å². The number of carbonyl (C=O) groups excluding carboxylic acids is 1. The van der Waals surface area contributed by atoms with Crippen molar-refractivity contribution in [3.8, 4) is 0 Å². The van der Waals surface area contributed by atoms with E-state index in [1.54, 1.807) is 24.3 Å². The van der Waals surface area contributed by atoms with Gasteiger partial charge in [0.15, 0.2) is 0 Å². The molecule has 148 valence electrons. The maximum absolute atomic E-state index is 12.8. The topological polar surface area (TPSA) is 47.6 Å². The van der Waals surface area contributed by atoms with Gasteiger partial charge < -0.3 is 14.6 Å². The van der Waals surface area contributed by atoms with Crippen LogP contribution in [-0.4, -0.2) is 24.2 Å². The minimum absolute atomic E-state index is 0.0702. The molecule has 1 aliphatic heterocycles. The fourth-order valence-electron chi connectivity index (χ4n) is 2.78. The molecule has 0 atom stereocenters. The van der Waals surface area contributed by atoms with E-state index in [0.29, 0.717) is 11.0 Å². The molecule has 0 saturated carbocycles. The molecule has 1 heterocycles. The largest absolute Gasteiger partial charge is 0.494 e. The van der Waals surface area contributed by atoms with E-state index in [1.807, 2.05) is 27.7 Å². The van der Waals surface area contributed by atoms with Crippen LogP contribution in [0.25, 0.3) is 0 Å². The van der Waals surface area contributed by atoms with E-state index in [2.05, 4.69) is 5.32 Å². The number of hydrogen-bond acceptors (Lipinski definition) is 3. The highest BCUT2D eigenvalue weighted by atomic mass is 19.4. The number of amides is 1. The third kappa shape index (κ3) is 4.08. The standard InChI is InChI=1S/C20H21BF3NO3/c1-18(2)19(3,4)28-21(27-18)15-9-5-7-13(11-15)17(26)25-16-10-6-8-14(12-16)20(22,23)24/h5-12H,1-4H3,(H,25,26). The minimum atomic E-state index is -4.47. The van der Waals surface area contributed by atoms with Crippen LogP contribution in [0.2, 0.25) is 0 Å². The number of anilines is 1. The van der Waals surface area contributed by atoms with Gasteiger partial charge >= 0.3 is 13.3 Å². The second-order valence-corrected chi connectivity index (χ2v) is 7.75. The number of rotatable bonds is 3. The second kappa shape index (κ2) is 6.94. The summed E-state index contributed by atoms with van der Waals surface area (Å²) in [5.74, 6) is -0.516. The molecule has 0 unspecified atom stereocenters. The molecule has 28 heavy (non-hydrogen) atoms. The molecule has 0 bridgehead atoms. The highest BCUT2D eigenvalue weighted by Gasteiger charge is 2.51. The van der Waals surface area contributed by atoms with Crippen molar-refractivity contribution >= 4 is 24.2 Å². The molecule has 2 aromatic carbocycles. The summed E-state index contributed by atoms with van der Waals surface area (Å²) in [6, 6.07) is 11.2. The molecule has 1 N–H and O–H groups in total. The molecule has 1 saturated heterocycles. The Bertz CT molecular complexity index is 880. The van der Waals surface area contributed by atoms with E-state index in [1.165, 1.54) is 12.1 Å². The van der Waals surface area contributed by atoms with Crippen LogP contribution in [0.15, 0.2) is 48.5 Å². The molecule has 0 aliphatic carbocycles. The van der Waals surface area contributed by atoms with Crippen molar-refractivity contribution in [3.63, 3.8) is 0 Å². The SMILES string of the molecule is CC1(C)OB(c2cccc(C(=O)Nc3cccc(C(F)(F)F)c3)c2)OC1(C)C. The summed E-state index contributed by atoms with van der Waals surface area (Å²) in [6.07, 6.45) is -4.47. The molecule has 1 fully saturated rings. The van der Waals surface area contributed by atoms with Crippen LogP contribution in [0, 0.1) is 0 Å². The Morgan fingerprint density at radius 2 is 1.57 bits per heavy atom. The molecular formula is C20H21BF3NO3. The van der Waals surface area contributed by atoms with Crippen molar-refractivity contribution in [2.24, 2.45) is 0 Å². The molecule has 4 nitrogen and oxygen atoms in total. The average molecular weight is 391 g/mol. The summed E-state index contributed by atoms with van der Waals surface area (Å²) >= 11 is 0. The Morgan fingerprint density at radius 3 is 2.18 bits per heavy atom. The molecule has 2 aromatic rings. The van der Waals surface area contributed by atoms with Gasteiger partial charge in [0.1, 0.15) is 0 Å². The van der Waals surface area contributed by atoms with E-state index in [4.69, 9.17) is 9.31 Å². The molecule has 1 aliphatic rings.